The van der Waals surface area contributed by atoms with E-state index < -0.39 is 0 Å². The second-order valence-corrected chi connectivity index (χ2v) is 7.47. The average Bonchev–Trinajstić information content (AvgIpc) is 2.86. The van der Waals surface area contributed by atoms with Gasteiger partial charge in [-0.1, -0.05) is 19.8 Å². The number of hydrogen-bond donors (Lipinski definition) is 2. The Labute approximate surface area is 146 Å². The lowest BCUT2D eigenvalue weighted by Gasteiger charge is -2.36. The predicted octanol–water partition coefficient (Wildman–Crippen LogP) is 4.53. The SMILES string of the molecule is CCCc1cc(NSc2cccnc2)cc2c1NC(=O)C21CCC1. The number of pyridine rings is 1. The molecule has 5 heteroatoms. The molecule has 1 amide bonds. The van der Waals surface area contributed by atoms with Crippen LogP contribution in [0.3, 0.4) is 0 Å². The number of aromatic nitrogens is 1. The molecule has 0 unspecified atom stereocenters. The van der Waals surface area contributed by atoms with Gasteiger partial charge in [0.05, 0.1) is 5.41 Å². The van der Waals surface area contributed by atoms with Crippen molar-refractivity contribution in [1.82, 2.24) is 4.98 Å². The number of fused-ring (bicyclic) bond motifs is 2. The third kappa shape index (κ3) is 2.47. The fourth-order valence-corrected chi connectivity index (χ4v) is 4.27. The largest absolute Gasteiger partial charge is 0.326 e. The Balaban J connectivity index is 1.66. The van der Waals surface area contributed by atoms with Gasteiger partial charge in [-0.3, -0.25) is 9.78 Å². The summed E-state index contributed by atoms with van der Waals surface area (Å²) in [6, 6.07) is 8.29. The molecule has 2 aromatic rings. The molecular formula is C19H21N3OS. The van der Waals surface area contributed by atoms with Crippen LogP contribution >= 0.6 is 11.9 Å². The highest BCUT2D eigenvalue weighted by atomic mass is 32.2. The van der Waals surface area contributed by atoms with E-state index in [0.717, 1.165) is 48.4 Å². The zero-order valence-electron chi connectivity index (χ0n) is 13.8. The Hall–Kier alpha value is -2.01. The maximum atomic E-state index is 12.5. The van der Waals surface area contributed by atoms with Gasteiger partial charge in [0.15, 0.2) is 0 Å². The van der Waals surface area contributed by atoms with Gasteiger partial charge in [-0.2, -0.15) is 0 Å². The lowest BCUT2D eigenvalue weighted by atomic mass is 9.65. The third-order valence-corrected chi connectivity index (χ3v) is 5.87. The minimum atomic E-state index is -0.269. The first-order valence-corrected chi connectivity index (χ1v) is 9.36. The summed E-state index contributed by atoms with van der Waals surface area (Å²) in [4.78, 5) is 17.8. The summed E-state index contributed by atoms with van der Waals surface area (Å²) in [6.45, 7) is 2.17. The highest BCUT2D eigenvalue weighted by molar-refractivity contribution is 8.00. The minimum absolute atomic E-state index is 0.193. The third-order valence-electron chi connectivity index (χ3n) is 5.06. The number of rotatable bonds is 5. The maximum Gasteiger partial charge on any atom is 0.235 e. The van der Waals surface area contributed by atoms with Crippen LogP contribution < -0.4 is 10.0 Å². The Bertz CT molecular complexity index is 772. The summed E-state index contributed by atoms with van der Waals surface area (Å²) in [5.41, 5.74) is 4.29. The summed E-state index contributed by atoms with van der Waals surface area (Å²) in [6.07, 6.45) is 8.73. The van der Waals surface area contributed by atoms with Crippen molar-refractivity contribution >= 4 is 29.2 Å². The maximum absolute atomic E-state index is 12.5. The molecule has 0 radical (unpaired) electrons. The number of carbonyl (C=O) groups excluding carboxylic acids is 1. The van der Waals surface area contributed by atoms with Gasteiger partial charge >= 0.3 is 0 Å². The van der Waals surface area contributed by atoms with Crippen LogP contribution in [0.1, 0.15) is 43.7 Å². The molecule has 0 atom stereocenters. The first kappa shape index (κ1) is 15.5. The lowest BCUT2D eigenvalue weighted by molar-refractivity contribution is -0.123. The highest BCUT2D eigenvalue weighted by Crippen LogP contribution is 2.53. The van der Waals surface area contributed by atoms with E-state index in [4.69, 9.17) is 0 Å². The zero-order chi connectivity index (χ0) is 16.6. The number of nitrogens with zero attached hydrogens (tertiary/aromatic N) is 1. The first-order valence-electron chi connectivity index (χ1n) is 8.55. The van der Waals surface area contributed by atoms with Crippen molar-refractivity contribution in [2.45, 2.75) is 49.3 Å². The van der Waals surface area contributed by atoms with Gasteiger partial charge < -0.3 is 10.0 Å². The minimum Gasteiger partial charge on any atom is -0.326 e. The van der Waals surface area contributed by atoms with Crippen LogP contribution in [0.5, 0.6) is 0 Å². The number of aryl methyl sites for hydroxylation is 1. The Morgan fingerprint density at radius 3 is 2.92 bits per heavy atom. The van der Waals surface area contributed by atoms with Crippen molar-refractivity contribution < 1.29 is 4.79 Å². The van der Waals surface area contributed by atoms with Gasteiger partial charge in [-0.05, 0) is 66.6 Å². The topological polar surface area (TPSA) is 54.0 Å². The summed E-state index contributed by atoms with van der Waals surface area (Å²) in [5.74, 6) is 0.193. The second kappa shape index (κ2) is 6.13. The molecule has 1 aromatic carbocycles. The van der Waals surface area contributed by atoms with Gasteiger partial charge in [0.2, 0.25) is 5.91 Å². The Kier molecular flexibility index (Phi) is 3.96. The second-order valence-electron chi connectivity index (χ2n) is 6.59. The molecule has 0 saturated heterocycles. The van der Waals surface area contributed by atoms with Gasteiger partial charge in [-0.15, -0.1) is 0 Å². The van der Waals surface area contributed by atoms with E-state index in [-0.39, 0.29) is 11.3 Å². The molecule has 1 aliphatic heterocycles. The molecule has 1 fully saturated rings. The fourth-order valence-electron chi connectivity index (χ4n) is 3.66. The first-order chi connectivity index (χ1) is 11.7. The number of hydrogen-bond acceptors (Lipinski definition) is 4. The van der Waals surface area contributed by atoms with Crippen molar-refractivity contribution in [1.29, 1.82) is 0 Å². The summed E-state index contributed by atoms with van der Waals surface area (Å²) >= 11 is 1.55. The smallest absolute Gasteiger partial charge is 0.235 e. The molecule has 24 heavy (non-hydrogen) atoms. The van der Waals surface area contributed by atoms with E-state index in [1.165, 1.54) is 11.1 Å². The zero-order valence-corrected chi connectivity index (χ0v) is 14.6. The number of carbonyl (C=O) groups is 1. The molecule has 1 saturated carbocycles. The molecule has 2 N–H and O–H groups in total. The van der Waals surface area contributed by atoms with E-state index in [9.17, 15) is 4.79 Å². The Morgan fingerprint density at radius 1 is 1.38 bits per heavy atom. The number of amides is 1. The van der Waals surface area contributed by atoms with E-state index >= 15 is 0 Å². The van der Waals surface area contributed by atoms with Crippen molar-refractivity contribution in [3.05, 3.63) is 47.8 Å². The van der Waals surface area contributed by atoms with Crippen molar-refractivity contribution in [2.75, 3.05) is 10.0 Å². The van der Waals surface area contributed by atoms with Gasteiger partial charge in [0, 0.05) is 28.7 Å². The number of anilines is 2. The molecule has 1 aromatic heterocycles. The fraction of sp³-hybridized carbons (Fsp3) is 0.368. The van der Waals surface area contributed by atoms with E-state index in [1.54, 1.807) is 18.1 Å². The summed E-state index contributed by atoms with van der Waals surface area (Å²) < 4.78 is 3.43. The molecule has 0 bridgehead atoms. The summed E-state index contributed by atoms with van der Waals surface area (Å²) in [5, 5.41) is 3.16. The van der Waals surface area contributed by atoms with E-state index in [0.29, 0.717) is 0 Å². The van der Waals surface area contributed by atoms with E-state index in [1.807, 2.05) is 18.3 Å². The molecule has 124 valence electrons. The molecular weight excluding hydrogens is 318 g/mol. The predicted molar refractivity (Wildman–Crippen MR) is 98.3 cm³/mol. The van der Waals surface area contributed by atoms with Gasteiger partial charge in [-0.25, -0.2) is 0 Å². The molecule has 2 aliphatic rings. The quantitative estimate of drug-likeness (QED) is 0.786. The normalized spacial score (nSPS) is 17.3. The molecule has 4 rings (SSSR count). The van der Waals surface area contributed by atoms with Gasteiger partial charge in [0.25, 0.3) is 0 Å². The lowest BCUT2D eigenvalue weighted by Crippen LogP contribution is -2.40. The molecule has 1 aliphatic carbocycles. The van der Waals surface area contributed by atoms with Crippen LogP contribution in [-0.2, 0) is 16.6 Å². The monoisotopic (exact) mass is 339 g/mol. The standard InChI is InChI=1S/C19H21N3OS/c1-2-5-13-10-14(22-24-15-6-3-9-20-12-15)11-16-17(13)21-18(23)19(16)7-4-8-19/h3,6,9-12,22H,2,4-5,7-8H2,1H3,(H,21,23). The summed E-state index contributed by atoms with van der Waals surface area (Å²) in [7, 11) is 0. The van der Waals surface area contributed by atoms with Crippen molar-refractivity contribution in [3.63, 3.8) is 0 Å². The van der Waals surface area contributed by atoms with Crippen LogP contribution in [0.2, 0.25) is 0 Å². The molecule has 4 nitrogen and oxygen atoms in total. The molecule has 1 spiro atoms. The van der Waals surface area contributed by atoms with Crippen LogP contribution in [-0.4, -0.2) is 10.9 Å². The van der Waals surface area contributed by atoms with Gasteiger partial charge in [0.1, 0.15) is 0 Å². The van der Waals surface area contributed by atoms with Crippen molar-refractivity contribution in [3.8, 4) is 0 Å². The van der Waals surface area contributed by atoms with Crippen LogP contribution in [0.25, 0.3) is 0 Å². The van der Waals surface area contributed by atoms with Crippen LogP contribution in [0.15, 0.2) is 41.6 Å². The van der Waals surface area contributed by atoms with Crippen LogP contribution in [0.4, 0.5) is 11.4 Å². The highest BCUT2D eigenvalue weighted by Gasteiger charge is 2.51. The number of benzene rings is 1. The van der Waals surface area contributed by atoms with Crippen LogP contribution in [0, 0.1) is 0 Å². The average molecular weight is 339 g/mol. The van der Waals surface area contributed by atoms with E-state index in [2.05, 4.69) is 34.1 Å². The number of nitrogens with one attached hydrogen (secondary N) is 2. The molecule has 2 heterocycles. The van der Waals surface area contributed by atoms with Crippen molar-refractivity contribution in [2.24, 2.45) is 0 Å². The Morgan fingerprint density at radius 2 is 2.25 bits per heavy atom.